The van der Waals surface area contributed by atoms with Crippen molar-refractivity contribution < 1.29 is 9.13 Å². The number of ether oxygens (including phenoxy) is 1. The Bertz CT molecular complexity index is 312. The van der Waals surface area contributed by atoms with Crippen LogP contribution in [0.2, 0.25) is 0 Å². The Morgan fingerprint density at radius 3 is 2.43 bits per heavy atom. The van der Waals surface area contributed by atoms with Crippen LogP contribution in [0.4, 0.5) is 4.39 Å². The molecule has 0 fully saturated rings. The van der Waals surface area contributed by atoms with E-state index >= 15 is 0 Å². The van der Waals surface area contributed by atoms with Crippen molar-refractivity contribution in [2.75, 3.05) is 7.11 Å². The minimum absolute atomic E-state index is 0.287. The van der Waals surface area contributed by atoms with Gasteiger partial charge in [0.15, 0.2) is 0 Å². The molecule has 0 heterocycles. The molecule has 1 aromatic carbocycles. The first kappa shape index (κ1) is 11.1. The van der Waals surface area contributed by atoms with Crippen LogP contribution in [-0.2, 0) is 4.74 Å². The fraction of sp³-hybridized carbons (Fsp3) is 0.455. The number of methoxy groups -OCH3 is 1. The van der Waals surface area contributed by atoms with E-state index in [1.54, 1.807) is 25.3 Å². The number of rotatable bonds is 3. The van der Waals surface area contributed by atoms with Crippen molar-refractivity contribution >= 4 is 0 Å². The molecule has 1 aromatic rings. The zero-order valence-electron chi connectivity index (χ0n) is 8.75. The first-order chi connectivity index (χ1) is 6.49. The second kappa shape index (κ2) is 4.07. The summed E-state index contributed by atoms with van der Waals surface area (Å²) in [6, 6.07) is 6.03. The van der Waals surface area contributed by atoms with Gasteiger partial charge in [-0.25, -0.2) is 4.39 Å². The van der Waals surface area contributed by atoms with E-state index in [1.165, 1.54) is 6.07 Å². The van der Waals surface area contributed by atoms with Gasteiger partial charge in [-0.05, 0) is 19.9 Å². The van der Waals surface area contributed by atoms with Gasteiger partial charge in [0.05, 0.1) is 11.6 Å². The average Bonchev–Trinajstić information content (AvgIpc) is 2.17. The Morgan fingerprint density at radius 1 is 1.36 bits per heavy atom. The summed E-state index contributed by atoms with van der Waals surface area (Å²) in [6.45, 7) is 3.67. The summed E-state index contributed by atoms with van der Waals surface area (Å²) in [5.74, 6) is -0.287. The lowest BCUT2D eigenvalue weighted by molar-refractivity contribution is -0.000893. The molecule has 1 atom stereocenters. The molecule has 0 amide bonds. The van der Waals surface area contributed by atoms with E-state index in [9.17, 15) is 4.39 Å². The predicted molar refractivity (Wildman–Crippen MR) is 54.4 cm³/mol. The summed E-state index contributed by atoms with van der Waals surface area (Å²) in [4.78, 5) is 0. The molecule has 78 valence electrons. The molecule has 0 aliphatic rings. The molecule has 0 bridgehead atoms. The Labute approximate surface area is 83.9 Å². The minimum atomic E-state index is -0.567. The van der Waals surface area contributed by atoms with Gasteiger partial charge in [0.25, 0.3) is 0 Å². The van der Waals surface area contributed by atoms with Crippen molar-refractivity contribution in [3.8, 4) is 0 Å². The molecule has 0 aromatic heterocycles. The largest absolute Gasteiger partial charge is 0.377 e. The second-order valence-corrected chi connectivity index (χ2v) is 3.81. The summed E-state index contributed by atoms with van der Waals surface area (Å²) >= 11 is 0. The molecule has 1 rings (SSSR count). The molecule has 0 spiro atoms. The van der Waals surface area contributed by atoms with Crippen molar-refractivity contribution in [2.45, 2.75) is 25.5 Å². The SMILES string of the molecule is COC(C)(C)C(N)c1ccccc1F. The van der Waals surface area contributed by atoms with E-state index in [4.69, 9.17) is 10.5 Å². The van der Waals surface area contributed by atoms with E-state index < -0.39 is 11.6 Å². The fourth-order valence-electron chi connectivity index (χ4n) is 1.23. The maximum atomic E-state index is 13.4. The highest BCUT2D eigenvalue weighted by molar-refractivity contribution is 5.23. The van der Waals surface area contributed by atoms with Gasteiger partial charge in [-0.2, -0.15) is 0 Å². The van der Waals surface area contributed by atoms with Crippen LogP contribution in [-0.4, -0.2) is 12.7 Å². The highest BCUT2D eigenvalue weighted by Gasteiger charge is 2.28. The summed E-state index contributed by atoms with van der Waals surface area (Å²) < 4.78 is 18.6. The Kier molecular flexibility index (Phi) is 3.24. The van der Waals surface area contributed by atoms with Crippen molar-refractivity contribution in [2.24, 2.45) is 5.73 Å². The number of hydrogen-bond donors (Lipinski definition) is 1. The molecular weight excluding hydrogens is 181 g/mol. The molecule has 1 unspecified atom stereocenters. The van der Waals surface area contributed by atoms with Crippen molar-refractivity contribution in [3.63, 3.8) is 0 Å². The van der Waals surface area contributed by atoms with Gasteiger partial charge in [0, 0.05) is 12.7 Å². The van der Waals surface area contributed by atoms with E-state index in [2.05, 4.69) is 0 Å². The van der Waals surface area contributed by atoms with Crippen LogP contribution < -0.4 is 5.73 Å². The fourth-order valence-corrected chi connectivity index (χ4v) is 1.23. The van der Waals surface area contributed by atoms with Gasteiger partial charge in [0.1, 0.15) is 5.82 Å². The van der Waals surface area contributed by atoms with Crippen LogP contribution in [0.1, 0.15) is 25.5 Å². The van der Waals surface area contributed by atoms with Gasteiger partial charge in [-0.1, -0.05) is 18.2 Å². The van der Waals surface area contributed by atoms with Gasteiger partial charge >= 0.3 is 0 Å². The van der Waals surface area contributed by atoms with E-state index in [0.29, 0.717) is 5.56 Å². The molecule has 14 heavy (non-hydrogen) atoms. The Balaban J connectivity index is 3.00. The zero-order valence-corrected chi connectivity index (χ0v) is 8.75. The molecular formula is C11H16FNO. The number of benzene rings is 1. The molecule has 0 saturated carbocycles. The van der Waals surface area contributed by atoms with E-state index in [1.807, 2.05) is 13.8 Å². The predicted octanol–water partition coefficient (Wildman–Crippen LogP) is 2.25. The van der Waals surface area contributed by atoms with Crippen LogP contribution in [0.3, 0.4) is 0 Å². The average molecular weight is 197 g/mol. The maximum absolute atomic E-state index is 13.4. The first-order valence-corrected chi connectivity index (χ1v) is 4.54. The van der Waals surface area contributed by atoms with Gasteiger partial charge in [-0.15, -0.1) is 0 Å². The summed E-state index contributed by atoms with van der Waals surface area (Å²) in [7, 11) is 1.57. The maximum Gasteiger partial charge on any atom is 0.128 e. The van der Waals surface area contributed by atoms with Crippen LogP contribution in [0, 0.1) is 5.82 Å². The zero-order chi connectivity index (χ0) is 10.8. The van der Waals surface area contributed by atoms with Gasteiger partial charge in [-0.3, -0.25) is 0 Å². The van der Waals surface area contributed by atoms with Gasteiger partial charge < -0.3 is 10.5 Å². The smallest absolute Gasteiger partial charge is 0.128 e. The van der Waals surface area contributed by atoms with Crippen LogP contribution in [0.5, 0.6) is 0 Å². The molecule has 2 nitrogen and oxygen atoms in total. The van der Waals surface area contributed by atoms with E-state index in [-0.39, 0.29) is 5.82 Å². The molecule has 2 N–H and O–H groups in total. The first-order valence-electron chi connectivity index (χ1n) is 4.54. The molecule has 0 aliphatic heterocycles. The third-order valence-corrected chi connectivity index (χ3v) is 2.52. The molecule has 3 heteroatoms. The Morgan fingerprint density at radius 2 is 1.93 bits per heavy atom. The topological polar surface area (TPSA) is 35.2 Å². The second-order valence-electron chi connectivity index (χ2n) is 3.81. The van der Waals surface area contributed by atoms with Crippen molar-refractivity contribution in [3.05, 3.63) is 35.6 Å². The van der Waals surface area contributed by atoms with Crippen molar-refractivity contribution in [1.82, 2.24) is 0 Å². The third-order valence-electron chi connectivity index (χ3n) is 2.52. The lowest BCUT2D eigenvalue weighted by atomic mass is 9.92. The molecule has 0 radical (unpaired) electrons. The normalized spacial score (nSPS) is 14.1. The standard InChI is InChI=1S/C11H16FNO/c1-11(2,14-3)10(13)8-6-4-5-7-9(8)12/h4-7,10H,13H2,1-3H3. The molecule has 0 aliphatic carbocycles. The number of halogens is 1. The van der Waals surface area contributed by atoms with Crippen molar-refractivity contribution in [1.29, 1.82) is 0 Å². The molecule has 0 saturated heterocycles. The highest BCUT2D eigenvalue weighted by atomic mass is 19.1. The number of hydrogen-bond acceptors (Lipinski definition) is 2. The highest BCUT2D eigenvalue weighted by Crippen LogP contribution is 2.27. The van der Waals surface area contributed by atoms with Crippen LogP contribution in [0.15, 0.2) is 24.3 Å². The van der Waals surface area contributed by atoms with Crippen LogP contribution >= 0.6 is 0 Å². The summed E-state index contributed by atoms with van der Waals surface area (Å²) in [6.07, 6.45) is 0. The quantitative estimate of drug-likeness (QED) is 0.806. The van der Waals surface area contributed by atoms with Gasteiger partial charge in [0.2, 0.25) is 0 Å². The summed E-state index contributed by atoms with van der Waals surface area (Å²) in [5.41, 5.74) is 5.84. The van der Waals surface area contributed by atoms with Crippen LogP contribution in [0.25, 0.3) is 0 Å². The number of nitrogens with two attached hydrogens (primary N) is 1. The minimum Gasteiger partial charge on any atom is -0.377 e. The monoisotopic (exact) mass is 197 g/mol. The summed E-state index contributed by atoms with van der Waals surface area (Å²) in [5, 5.41) is 0. The lowest BCUT2D eigenvalue weighted by Gasteiger charge is -2.30. The Hall–Kier alpha value is -0.930. The third kappa shape index (κ3) is 2.11. The van der Waals surface area contributed by atoms with E-state index in [0.717, 1.165) is 0 Å². The lowest BCUT2D eigenvalue weighted by Crippen LogP contribution is -2.37.